The average Bonchev–Trinajstić information content (AvgIpc) is 3.41. The lowest BCUT2D eigenvalue weighted by Gasteiger charge is -2.32. The number of anilines is 1. The Morgan fingerprint density at radius 1 is 1.23 bits per heavy atom. The summed E-state index contributed by atoms with van der Waals surface area (Å²) in [5.41, 5.74) is 2.89. The smallest absolute Gasteiger partial charge is 0.322 e. The van der Waals surface area contributed by atoms with Crippen molar-refractivity contribution in [2.45, 2.75) is 43.4 Å². The number of piperidine rings is 1. The van der Waals surface area contributed by atoms with Crippen molar-refractivity contribution >= 4 is 33.3 Å². The van der Waals surface area contributed by atoms with E-state index in [2.05, 4.69) is 15.5 Å². The molecule has 3 heterocycles. The van der Waals surface area contributed by atoms with Gasteiger partial charge in [0.2, 0.25) is 11.8 Å². The number of amides is 1. The summed E-state index contributed by atoms with van der Waals surface area (Å²) >= 11 is 1.14. The van der Waals surface area contributed by atoms with Crippen LogP contribution in [0.3, 0.4) is 0 Å². The molecule has 0 unspecified atom stereocenters. The molecule has 10 heteroatoms. The van der Waals surface area contributed by atoms with Gasteiger partial charge in [-0.25, -0.2) is 8.42 Å². The van der Waals surface area contributed by atoms with Crippen LogP contribution in [-0.2, 0) is 14.8 Å². The van der Waals surface area contributed by atoms with Crippen LogP contribution >= 0.6 is 11.3 Å². The van der Waals surface area contributed by atoms with Crippen LogP contribution in [0.25, 0.3) is 11.5 Å². The second-order valence-corrected chi connectivity index (χ2v) is 10.3. The molecule has 1 aliphatic rings. The van der Waals surface area contributed by atoms with Gasteiger partial charge in [-0.1, -0.05) is 35.3 Å². The third kappa shape index (κ3) is 4.03. The van der Waals surface area contributed by atoms with Crippen LogP contribution in [0, 0.1) is 13.8 Å². The van der Waals surface area contributed by atoms with Crippen molar-refractivity contribution in [2.75, 3.05) is 11.9 Å². The van der Waals surface area contributed by atoms with Gasteiger partial charge in [0.15, 0.2) is 0 Å². The highest BCUT2D eigenvalue weighted by Crippen LogP contribution is 2.29. The topological polar surface area (TPSA) is 105 Å². The minimum Gasteiger partial charge on any atom is -0.403 e. The van der Waals surface area contributed by atoms with Gasteiger partial charge in [-0.3, -0.25) is 10.1 Å². The maximum absolute atomic E-state index is 13.0. The molecule has 8 nitrogen and oxygen atoms in total. The molecule has 1 amide bonds. The highest BCUT2D eigenvalue weighted by molar-refractivity contribution is 7.91. The summed E-state index contributed by atoms with van der Waals surface area (Å²) in [7, 11) is -3.73. The summed E-state index contributed by atoms with van der Waals surface area (Å²) < 4.78 is 33.1. The molecule has 1 aliphatic heterocycles. The molecule has 0 radical (unpaired) electrons. The van der Waals surface area contributed by atoms with E-state index in [1.807, 2.05) is 32.0 Å². The number of nitrogens with zero attached hydrogens (tertiary/aromatic N) is 3. The molecule has 158 valence electrons. The van der Waals surface area contributed by atoms with E-state index in [4.69, 9.17) is 4.42 Å². The van der Waals surface area contributed by atoms with Gasteiger partial charge in [0.1, 0.15) is 10.3 Å². The fourth-order valence-electron chi connectivity index (χ4n) is 3.61. The summed E-state index contributed by atoms with van der Waals surface area (Å²) in [5.74, 6) is -0.167. The van der Waals surface area contributed by atoms with Crippen LogP contribution in [0.5, 0.6) is 0 Å². The maximum Gasteiger partial charge on any atom is 0.322 e. The molecule has 3 aromatic rings. The highest BCUT2D eigenvalue weighted by Gasteiger charge is 2.38. The van der Waals surface area contributed by atoms with Gasteiger partial charge >= 0.3 is 6.01 Å². The van der Waals surface area contributed by atoms with Gasteiger partial charge in [0, 0.05) is 12.1 Å². The quantitative estimate of drug-likeness (QED) is 0.642. The summed E-state index contributed by atoms with van der Waals surface area (Å²) in [4.78, 5) is 12.9. The van der Waals surface area contributed by atoms with Gasteiger partial charge in [-0.05, 0) is 49.8 Å². The molecule has 0 bridgehead atoms. The van der Waals surface area contributed by atoms with Crippen molar-refractivity contribution in [3.63, 3.8) is 0 Å². The van der Waals surface area contributed by atoms with Crippen LogP contribution in [0.1, 0.15) is 30.4 Å². The minimum absolute atomic E-state index is 0.0472. The van der Waals surface area contributed by atoms with Crippen molar-refractivity contribution in [1.82, 2.24) is 14.5 Å². The van der Waals surface area contributed by atoms with Crippen LogP contribution in [0.4, 0.5) is 6.01 Å². The standard InChI is InChI=1S/C20H22N4O4S2/c1-13-8-9-15(14(2)12-13)19-22-23-20(28-19)21-18(25)16-6-3-4-10-24(16)30(26,27)17-7-5-11-29-17/h5,7-9,11-12,16H,3-4,6,10H2,1-2H3,(H,21,23,25)/t16-/m0/s1. The number of benzene rings is 1. The number of nitrogens with one attached hydrogen (secondary N) is 1. The monoisotopic (exact) mass is 446 g/mol. The second kappa shape index (κ2) is 8.29. The van der Waals surface area contributed by atoms with E-state index in [1.165, 1.54) is 4.31 Å². The van der Waals surface area contributed by atoms with Crippen molar-refractivity contribution in [1.29, 1.82) is 0 Å². The Hall–Kier alpha value is -2.56. The Kier molecular flexibility index (Phi) is 5.72. The molecule has 1 fully saturated rings. The fraction of sp³-hybridized carbons (Fsp3) is 0.350. The summed E-state index contributed by atoms with van der Waals surface area (Å²) in [6.45, 7) is 4.24. The van der Waals surface area contributed by atoms with E-state index in [9.17, 15) is 13.2 Å². The van der Waals surface area contributed by atoms with Gasteiger partial charge < -0.3 is 4.42 Å². The number of thiophene rings is 1. The first kappa shape index (κ1) is 20.7. The zero-order valence-corrected chi connectivity index (χ0v) is 18.3. The van der Waals surface area contributed by atoms with Crippen LogP contribution in [-0.4, -0.2) is 41.4 Å². The zero-order valence-electron chi connectivity index (χ0n) is 16.7. The van der Waals surface area contributed by atoms with E-state index in [-0.39, 0.29) is 10.2 Å². The van der Waals surface area contributed by atoms with E-state index in [0.717, 1.165) is 34.4 Å². The van der Waals surface area contributed by atoms with E-state index in [1.54, 1.807) is 17.5 Å². The molecule has 0 spiro atoms. The van der Waals surface area contributed by atoms with Gasteiger partial charge in [0.25, 0.3) is 10.0 Å². The third-order valence-corrected chi connectivity index (χ3v) is 8.36. The van der Waals surface area contributed by atoms with Crippen LogP contribution in [0.15, 0.2) is 44.3 Å². The minimum atomic E-state index is -3.73. The average molecular weight is 447 g/mol. The van der Waals surface area contributed by atoms with E-state index < -0.39 is 22.0 Å². The first-order valence-corrected chi connectivity index (χ1v) is 12.0. The Bertz CT molecular complexity index is 1160. The second-order valence-electron chi connectivity index (χ2n) is 7.28. The molecule has 1 aromatic carbocycles. The van der Waals surface area contributed by atoms with Gasteiger partial charge in [0.05, 0.1) is 0 Å². The SMILES string of the molecule is Cc1ccc(-c2nnc(NC(=O)[C@@H]3CCCCN3S(=O)(=O)c3cccs3)o2)c(C)c1. The Morgan fingerprint density at radius 2 is 2.07 bits per heavy atom. The number of aromatic nitrogens is 2. The van der Waals surface area contributed by atoms with E-state index >= 15 is 0 Å². The number of hydrogen-bond acceptors (Lipinski definition) is 7. The summed E-state index contributed by atoms with van der Waals surface area (Å²) in [6.07, 6.45) is 1.92. The van der Waals surface area contributed by atoms with Crippen molar-refractivity contribution in [3.8, 4) is 11.5 Å². The highest BCUT2D eigenvalue weighted by atomic mass is 32.2. The lowest BCUT2D eigenvalue weighted by atomic mass is 10.0. The lowest BCUT2D eigenvalue weighted by molar-refractivity contribution is -0.120. The number of hydrogen-bond donors (Lipinski definition) is 1. The lowest BCUT2D eigenvalue weighted by Crippen LogP contribution is -2.49. The van der Waals surface area contributed by atoms with Crippen LogP contribution < -0.4 is 5.32 Å². The molecule has 2 aromatic heterocycles. The number of carbonyl (C=O) groups excluding carboxylic acids is 1. The predicted molar refractivity (Wildman–Crippen MR) is 114 cm³/mol. The Labute approximate surface area is 179 Å². The Balaban J connectivity index is 1.53. The predicted octanol–water partition coefficient (Wildman–Crippen LogP) is 3.60. The molecule has 1 atom stereocenters. The van der Waals surface area contributed by atoms with Gasteiger partial charge in [-0.15, -0.1) is 16.4 Å². The normalized spacial score (nSPS) is 17.7. The summed E-state index contributed by atoms with van der Waals surface area (Å²) in [6, 6.07) is 8.21. The maximum atomic E-state index is 13.0. The molecule has 30 heavy (non-hydrogen) atoms. The zero-order chi connectivity index (χ0) is 21.3. The fourth-order valence-corrected chi connectivity index (χ4v) is 6.38. The van der Waals surface area contributed by atoms with Crippen molar-refractivity contribution < 1.29 is 17.6 Å². The number of rotatable bonds is 5. The molecular weight excluding hydrogens is 424 g/mol. The van der Waals surface area contributed by atoms with Gasteiger partial charge in [-0.2, -0.15) is 4.31 Å². The first-order valence-electron chi connectivity index (χ1n) is 9.63. The number of sulfonamides is 1. The molecule has 4 rings (SSSR count). The van der Waals surface area contributed by atoms with Crippen molar-refractivity contribution in [2.24, 2.45) is 0 Å². The molecular formula is C20H22N4O4S2. The van der Waals surface area contributed by atoms with Crippen molar-refractivity contribution in [3.05, 3.63) is 46.8 Å². The largest absolute Gasteiger partial charge is 0.403 e. The van der Waals surface area contributed by atoms with Crippen LogP contribution in [0.2, 0.25) is 0 Å². The Morgan fingerprint density at radius 3 is 2.80 bits per heavy atom. The molecule has 1 N–H and O–H groups in total. The number of carbonyl (C=O) groups is 1. The third-order valence-electron chi connectivity index (χ3n) is 5.08. The van der Waals surface area contributed by atoms with E-state index in [0.29, 0.717) is 25.3 Å². The first-order chi connectivity index (χ1) is 14.4. The molecule has 0 aliphatic carbocycles. The summed E-state index contributed by atoms with van der Waals surface area (Å²) in [5, 5.41) is 12.2. The molecule has 0 saturated carbocycles. The molecule has 1 saturated heterocycles. The number of aryl methyl sites for hydroxylation is 2.